The molecular weight excluding hydrogens is 331 g/mol. The lowest BCUT2D eigenvalue weighted by molar-refractivity contribution is 0.311. The van der Waals surface area contributed by atoms with Crippen LogP contribution in [0.2, 0.25) is 0 Å². The maximum Gasteiger partial charge on any atom is 0.123 e. The van der Waals surface area contributed by atoms with Crippen LogP contribution in [-0.4, -0.2) is 18.5 Å². The van der Waals surface area contributed by atoms with Crippen molar-refractivity contribution in [2.45, 2.75) is 19.0 Å². The average Bonchev–Trinajstić information content (AvgIpc) is 2.48. The van der Waals surface area contributed by atoms with Crippen LogP contribution >= 0.6 is 15.9 Å². The van der Waals surface area contributed by atoms with E-state index in [4.69, 9.17) is 5.73 Å². The van der Waals surface area contributed by atoms with Crippen LogP contribution in [0.1, 0.15) is 23.6 Å². The maximum atomic E-state index is 12.9. The van der Waals surface area contributed by atoms with Gasteiger partial charge in [-0.2, -0.15) is 0 Å². The third kappa shape index (κ3) is 5.23. The zero-order chi connectivity index (χ0) is 15.2. The van der Waals surface area contributed by atoms with Gasteiger partial charge in [-0.1, -0.05) is 40.2 Å². The van der Waals surface area contributed by atoms with E-state index in [0.717, 1.165) is 35.1 Å². The highest BCUT2D eigenvalue weighted by Gasteiger charge is 2.08. The van der Waals surface area contributed by atoms with E-state index in [0.29, 0.717) is 0 Å². The Labute approximate surface area is 133 Å². The molecule has 0 spiro atoms. The summed E-state index contributed by atoms with van der Waals surface area (Å²) in [7, 11) is 2.05. The highest BCUT2D eigenvalue weighted by atomic mass is 79.9. The van der Waals surface area contributed by atoms with E-state index in [1.165, 1.54) is 12.1 Å². The van der Waals surface area contributed by atoms with Gasteiger partial charge in [-0.05, 0) is 55.4 Å². The second kappa shape index (κ2) is 7.69. The minimum atomic E-state index is -0.196. The van der Waals surface area contributed by atoms with Gasteiger partial charge in [0.2, 0.25) is 0 Å². The second-order valence-electron chi connectivity index (χ2n) is 5.31. The summed E-state index contributed by atoms with van der Waals surface area (Å²) < 4.78 is 13.9. The predicted molar refractivity (Wildman–Crippen MR) is 88.4 cm³/mol. The molecule has 21 heavy (non-hydrogen) atoms. The molecule has 0 aromatic heterocycles. The third-order valence-electron chi connectivity index (χ3n) is 3.49. The number of hydrogen-bond acceptors (Lipinski definition) is 2. The van der Waals surface area contributed by atoms with Crippen molar-refractivity contribution < 1.29 is 4.39 Å². The van der Waals surface area contributed by atoms with E-state index in [1.54, 1.807) is 0 Å². The van der Waals surface area contributed by atoms with Crippen molar-refractivity contribution in [1.29, 1.82) is 0 Å². The van der Waals surface area contributed by atoms with Crippen molar-refractivity contribution >= 4 is 15.9 Å². The fourth-order valence-electron chi connectivity index (χ4n) is 2.22. The van der Waals surface area contributed by atoms with E-state index in [-0.39, 0.29) is 11.9 Å². The lowest BCUT2D eigenvalue weighted by Crippen LogP contribution is -2.23. The summed E-state index contributed by atoms with van der Waals surface area (Å²) in [4.78, 5) is 2.20. The molecule has 0 fully saturated rings. The molecule has 0 bridgehead atoms. The zero-order valence-electron chi connectivity index (χ0n) is 12.1. The molecule has 0 aliphatic rings. The Kier molecular flexibility index (Phi) is 5.91. The van der Waals surface area contributed by atoms with Crippen LogP contribution in [0.15, 0.2) is 53.0 Å². The van der Waals surface area contributed by atoms with Crippen LogP contribution in [-0.2, 0) is 6.54 Å². The summed E-state index contributed by atoms with van der Waals surface area (Å²) in [6.45, 7) is 1.70. The van der Waals surface area contributed by atoms with E-state index in [9.17, 15) is 4.39 Å². The molecule has 0 heterocycles. The number of nitrogens with zero attached hydrogens (tertiary/aromatic N) is 1. The first-order chi connectivity index (χ1) is 10.0. The third-order valence-corrected chi connectivity index (χ3v) is 4.01. The monoisotopic (exact) mass is 350 g/mol. The highest BCUT2D eigenvalue weighted by Crippen LogP contribution is 2.18. The minimum absolute atomic E-state index is 0.0359. The topological polar surface area (TPSA) is 29.3 Å². The smallest absolute Gasteiger partial charge is 0.123 e. The fraction of sp³-hybridized carbons (Fsp3) is 0.294. The van der Waals surface area contributed by atoms with E-state index >= 15 is 0 Å². The lowest BCUT2D eigenvalue weighted by Gasteiger charge is -2.19. The van der Waals surface area contributed by atoms with Gasteiger partial charge in [0.1, 0.15) is 5.82 Å². The molecule has 0 amide bonds. The molecule has 2 rings (SSSR count). The first kappa shape index (κ1) is 16.1. The normalized spacial score (nSPS) is 12.6. The van der Waals surface area contributed by atoms with Crippen molar-refractivity contribution in [1.82, 2.24) is 4.90 Å². The Balaban J connectivity index is 1.81. The van der Waals surface area contributed by atoms with Crippen molar-refractivity contribution in [3.05, 3.63) is 69.9 Å². The number of hydrogen-bond donors (Lipinski definition) is 1. The fourth-order valence-corrected chi connectivity index (χ4v) is 2.48. The van der Waals surface area contributed by atoms with Gasteiger partial charge in [0, 0.05) is 17.1 Å². The second-order valence-corrected chi connectivity index (χ2v) is 6.23. The van der Waals surface area contributed by atoms with E-state index in [1.807, 2.05) is 24.3 Å². The molecule has 1 atom stereocenters. The van der Waals surface area contributed by atoms with Gasteiger partial charge in [0.25, 0.3) is 0 Å². The molecule has 2 nitrogen and oxygen atoms in total. The number of nitrogens with two attached hydrogens (primary N) is 1. The Bertz CT molecular complexity index is 554. The standard InChI is InChI=1S/C17H20BrFN2/c1-21(12-13-2-8-16(19)9-3-13)11-10-17(20)14-4-6-15(18)7-5-14/h2-9,17H,10-12,20H2,1H3. The van der Waals surface area contributed by atoms with Gasteiger partial charge in [0.05, 0.1) is 0 Å². The van der Waals surface area contributed by atoms with Crippen molar-refractivity contribution in [3.8, 4) is 0 Å². The molecular formula is C17H20BrFN2. The summed E-state index contributed by atoms with van der Waals surface area (Å²) >= 11 is 3.42. The molecule has 112 valence electrons. The predicted octanol–water partition coefficient (Wildman–Crippen LogP) is 4.11. The first-order valence-electron chi connectivity index (χ1n) is 6.98. The molecule has 1 unspecified atom stereocenters. The van der Waals surface area contributed by atoms with Gasteiger partial charge in [-0.15, -0.1) is 0 Å². The average molecular weight is 351 g/mol. The minimum Gasteiger partial charge on any atom is -0.324 e. The SMILES string of the molecule is CN(CCC(N)c1ccc(Br)cc1)Cc1ccc(F)cc1. The van der Waals surface area contributed by atoms with Crippen LogP contribution in [0.4, 0.5) is 4.39 Å². The van der Waals surface area contributed by atoms with Crippen LogP contribution in [0.3, 0.4) is 0 Å². The number of halogens is 2. The van der Waals surface area contributed by atoms with Crippen LogP contribution < -0.4 is 5.73 Å². The van der Waals surface area contributed by atoms with Crippen LogP contribution in [0.5, 0.6) is 0 Å². The summed E-state index contributed by atoms with van der Waals surface area (Å²) in [5.74, 6) is -0.196. The zero-order valence-corrected chi connectivity index (χ0v) is 13.7. The quantitative estimate of drug-likeness (QED) is 0.849. The van der Waals surface area contributed by atoms with Crippen molar-refractivity contribution in [2.24, 2.45) is 5.73 Å². The maximum absolute atomic E-state index is 12.9. The van der Waals surface area contributed by atoms with Crippen LogP contribution in [0.25, 0.3) is 0 Å². The first-order valence-corrected chi connectivity index (χ1v) is 7.78. The molecule has 0 radical (unpaired) electrons. The summed E-state index contributed by atoms with van der Waals surface area (Å²) in [5.41, 5.74) is 8.47. The highest BCUT2D eigenvalue weighted by molar-refractivity contribution is 9.10. The van der Waals surface area contributed by atoms with Gasteiger partial charge >= 0.3 is 0 Å². The number of benzene rings is 2. The molecule has 4 heteroatoms. The van der Waals surface area contributed by atoms with Crippen molar-refractivity contribution in [3.63, 3.8) is 0 Å². The Morgan fingerprint density at radius 2 is 1.71 bits per heavy atom. The largest absolute Gasteiger partial charge is 0.324 e. The summed E-state index contributed by atoms with van der Waals surface area (Å²) in [6, 6.07) is 14.8. The van der Waals surface area contributed by atoms with Gasteiger partial charge in [0.15, 0.2) is 0 Å². The Morgan fingerprint density at radius 1 is 1.10 bits per heavy atom. The van der Waals surface area contributed by atoms with Gasteiger partial charge < -0.3 is 10.6 Å². The molecule has 0 saturated carbocycles. The molecule has 0 aliphatic heterocycles. The Morgan fingerprint density at radius 3 is 2.33 bits per heavy atom. The molecule has 2 aromatic carbocycles. The van der Waals surface area contributed by atoms with E-state index < -0.39 is 0 Å². The molecule has 2 N–H and O–H groups in total. The molecule has 0 saturated heterocycles. The molecule has 2 aromatic rings. The number of rotatable bonds is 6. The summed E-state index contributed by atoms with van der Waals surface area (Å²) in [6.07, 6.45) is 0.888. The van der Waals surface area contributed by atoms with E-state index in [2.05, 4.69) is 40.0 Å². The Hall–Kier alpha value is -1.23. The van der Waals surface area contributed by atoms with Crippen LogP contribution in [0, 0.1) is 5.82 Å². The van der Waals surface area contributed by atoms with Gasteiger partial charge in [-0.25, -0.2) is 4.39 Å². The van der Waals surface area contributed by atoms with Crippen molar-refractivity contribution in [2.75, 3.05) is 13.6 Å². The summed E-state index contributed by atoms with van der Waals surface area (Å²) in [5, 5.41) is 0. The van der Waals surface area contributed by atoms with Gasteiger partial charge in [-0.3, -0.25) is 0 Å². The lowest BCUT2D eigenvalue weighted by atomic mass is 10.0. The molecule has 0 aliphatic carbocycles.